The number of piperidine rings is 1. The van der Waals surface area contributed by atoms with Gasteiger partial charge in [0.15, 0.2) is 0 Å². The number of nitrogens with one attached hydrogen (secondary N) is 2. The predicted octanol–water partition coefficient (Wildman–Crippen LogP) is 1.70. The molecule has 0 aromatic carbocycles. The van der Waals surface area contributed by atoms with Crippen LogP contribution in [0.5, 0.6) is 0 Å². The van der Waals surface area contributed by atoms with E-state index >= 15 is 0 Å². The van der Waals surface area contributed by atoms with Crippen LogP contribution in [0.25, 0.3) is 0 Å². The molecule has 0 radical (unpaired) electrons. The van der Waals surface area contributed by atoms with Crippen LogP contribution >= 0.6 is 0 Å². The molecule has 1 atom stereocenters. The molecule has 1 unspecified atom stereocenters. The molecule has 106 valence electrons. The molecule has 1 aliphatic heterocycles. The summed E-state index contributed by atoms with van der Waals surface area (Å²) in [6, 6.07) is -0.0677. The van der Waals surface area contributed by atoms with Crippen LogP contribution in [0.4, 0.5) is 0 Å². The van der Waals surface area contributed by atoms with E-state index in [1.165, 1.54) is 0 Å². The van der Waals surface area contributed by atoms with E-state index in [1.807, 2.05) is 0 Å². The number of rotatable bonds is 7. The highest BCUT2D eigenvalue weighted by Crippen LogP contribution is 2.29. The first-order chi connectivity index (χ1) is 8.58. The average molecular weight is 256 g/mol. The van der Waals surface area contributed by atoms with Gasteiger partial charge >= 0.3 is 0 Å². The lowest BCUT2D eigenvalue weighted by molar-refractivity contribution is -0.127. The molecule has 0 aromatic rings. The Morgan fingerprint density at radius 2 is 2.22 bits per heavy atom. The maximum absolute atomic E-state index is 12.1. The van der Waals surface area contributed by atoms with Crippen LogP contribution in [-0.4, -0.2) is 38.3 Å². The lowest BCUT2D eigenvalue weighted by atomic mass is 9.77. The van der Waals surface area contributed by atoms with Crippen molar-refractivity contribution in [2.45, 2.75) is 52.5 Å². The lowest BCUT2D eigenvalue weighted by Gasteiger charge is -2.38. The molecule has 1 aliphatic rings. The summed E-state index contributed by atoms with van der Waals surface area (Å²) in [7, 11) is 0. The highest BCUT2D eigenvalue weighted by molar-refractivity contribution is 5.82. The second-order valence-electron chi connectivity index (χ2n) is 5.74. The zero-order chi connectivity index (χ0) is 13.4. The molecule has 1 heterocycles. The molecule has 0 saturated carbocycles. The van der Waals surface area contributed by atoms with Crippen molar-refractivity contribution in [3.8, 4) is 0 Å². The Morgan fingerprint density at radius 3 is 2.89 bits per heavy atom. The fraction of sp³-hybridized carbons (Fsp3) is 0.929. The van der Waals surface area contributed by atoms with Crippen LogP contribution in [0, 0.1) is 5.41 Å². The Bertz CT molecular complexity index is 254. The summed E-state index contributed by atoms with van der Waals surface area (Å²) in [5.41, 5.74) is 0.0470. The summed E-state index contributed by atoms with van der Waals surface area (Å²) in [4.78, 5) is 12.1. The Kier molecular flexibility index (Phi) is 6.65. The third-order valence-corrected chi connectivity index (χ3v) is 3.58. The summed E-state index contributed by atoms with van der Waals surface area (Å²) >= 11 is 0. The molecule has 2 N–H and O–H groups in total. The number of amides is 1. The molecule has 0 aliphatic carbocycles. The molecule has 1 fully saturated rings. The van der Waals surface area contributed by atoms with E-state index in [1.54, 1.807) is 0 Å². The number of carbonyl (C=O) groups excluding carboxylic acids is 1. The van der Waals surface area contributed by atoms with Gasteiger partial charge in [-0.1, -0.05) is 27.2 Å². The quantitative estimate of drug-likeness (QED) is 0.682. The summed E-state index contributed by atoms with van der Waals surface area (Å²) in [5.74, 6) is 0.110. The standard InChI is InChI=1S/C14H28N2O2/c1-4-5-10-18-11-9-16-13(17)12-14(2,3)7-6-8-15-12/h12,15H,4-11H2,1-3H3,(H,16,17). The average Bonchev–Trinajstić information content (AvgIpc) is 2.32. The number of hydrogen-bond donors (Lipinski definition) is 2. The van der Waals surface area contributed by atoms with Crippen molar-refractivity contribution in [3.05, 3.63) is 0 Å². The first-order valence-electron chi connectivity index (χ1n) is 7.17. The van der Waals surface area contributed by atoms with E-state index < -0.39 is 0 Å². The molecule has 0 spiro atoms. The van der Waals surface area contributed by atoms with E-state index in [0.29, 0.717) is 13.2 Å². The number of ether oxygens (including phenoxy) is 1. The van der Waals surface area contributed by atoms with Crippen LogP contribution < -0.4 is 10.6 Å². The Balaban J connectivity index is 2.19. The van der Waals surface area contributed by atoms with Crippen LogP contribution in [0.15, 0.2) is 0 Å². The fourth-order valence-electron chi connectivity index (χ4n) is 2.36. The maximum atomic E-state index is 12.1. The van der Waals surface area contributed by atoms with Gasteiger partial charge in [-0.3, -0.25) is 4.79 Å². The van der Waals surface area contributed by atoms with Gasteiger partial charge in [0.1, 0.15) is 0 Å². The van der Waals surface area contributed by atoms with Gasteiger partial charge in [-0.25, -0.2) is 0 Å². The number of carbonyl (C=O) groups is 1. The van der Waals surface area contributed by atoms with Gasteiger partial charge in [-0.15, -0.1) is 0 Å². The van der Waals surface area contributed by atoms with Gasteiger partial charge in [-0.2, -0.15) is 0 Å². The van der Waals surface area contributed by atoms with Crippen molar-refractivity contribution in [1.29, 1.82) is 0 Å². The van der Waals surface area contributed by atoms with Gasteiger partial charge in [0.05, 0.1) is 12.6 Å². The molecule has 1 saturated heterocycles. The summed E-state index contributed by atoms with van der Waals surface area (Å²) in [5, 5.41) is 6.28. The second kappa shape index (κ2) is 7.74. The SMILES string of the molecule is CCCCOCCNC(=O)C1NCCCC1(C)C. The van der Waals surface area contributed by atoms with E-state index in [4.69, 9.17) is 4.74 Å². The Hall–Kier alpha value is -0.610. The van der Waals surface area contributed by atoms with Crippen LogP contribution in [0.3, 0.4) is 0 Å². The Labute approximate surface area is 111 Å². The smallest absolute Gasteiger partial charge is 0.237 e. The van der Waals surface area contributed by atoms with Gasteiger partial charge in [-0.05, 0) is 31.2 Å². The normalized spacial score (nSPS) is 22.7. The highest BCUT2D eigenvalue weighted by Gasteiger charge is 2.36. The summed E-state index contributed by atoms with van der Waals surface area (Å²) < 4.78 is 5.43. The minimum Gasteiger partial charge on any atom is -0.380 e. The molecule has 0 aromatic heterocycles. The van der Waals surface area contributed by atoms with E-state index in [9.17, 15) is 4.79 Å². The molecule has 4 heteroatoms. The minimum absolute atomic E-state index is 0.0470. The topological polar surface area (TPSA) is 50.4 Å². The zero-order valence-electron chi connectivity index (χ0n) is 12.1. The summed E-state index contributed by atoms with van der Waals surface area (Å²) in [6.45, 7) is 9.40. The fourth-order valence-corrected chi connectivity index (χ4v) is 2.36. The molecule has 1 amide bonds. The molecular weight excluding hydrogens is 228 g/mol. The maximum Gasteiger partial charge on any atom is 0.237 e. The molecular formula is C14H28N2O2. The van der Waals surface area contributed by atoms with Gasteiger partial charge < -0.3 is 15.4 Å². The molecule has 1 rings (SSSR count). The molecule has 4 nitrogen and oxygen atoms in total. The Morgan fingerprint density at radius 1 is 1.44 bits per heavy atom. The molecule has 0 bridgehead atoms. The highest BCUT2D eigenvalue weighted by atomic mass is 16.5. The van der Waals surface area contributed by atoms with Crippen molar-refractivity contribution >= 4 is 5.91 Å². The number of hydrogen-bond acceptors (Lipinski definition) is 3. The second-order valence-corrected chi connectivity index (χ2v) is 5.74. The predicted molar refractivity (Wildman–Crippen MR) is 73.5 cm³/mol. The van der Waals surface area contributed by atoms with Crippen LogP contribution in [-0.2, 0) is 9.53 Å². The van der Waals surface area contributed by atoms with Crippen molar-refractivity contribution in [2.75, 3.05) is 26.3 Å². The third kappa shape index (κ3) is 4.94. The monoisotopic (exact) mass is 256 g/mol. The van der Waals surface area contributed by atoms with Gasteiger partial charge in [0.2, 0.25) is 5.91 Å². The van der Waals surface area contributed by atoms with E-state index in [0.717, 1.165) is 38.8 Å². The lowest BCUT2D eigenvalue weighted by Crippen LogP contribution is -2.55. The van der Waals surface area contributed by atoms with E-state index in [-0.39, 0.29) is 17.4 Å². The minimum atomic E-state index is -0.0677. The largest absolute Gasteiger partial charge is 0.380 e. The third-order valence-electron chi connectivity index (χ3n) is 3.58. The zero-order valence-corrected chi connectivity index (χ0v) is 12.1. The molecule has 18 heavy (non-hydrogen) atoms. The first kappa shape index (κ1) is 15.4. The van der Waals surface area contributed by atoms with Crippen molar-refractivity contribution < 1.29 is 9.53 Å². The van der Waals surface area contributed by atoms with Gasteiger partial charge in [0.25, 0.3) is 0 Å². The van der Waals surface area contributed by atoms with Crippen LogP contribution in [0.1, 0.15) is 46.5 Å². The first-order valence-corrected chi connectivity index (χ1v) is 7.17. The number of unbranched alkanes of at least 4 members (excludes halogenated alkanes) is 1. The van der Waals surface area contributed by atoms with Crippen molar-refractivity contribution in [2.24, 2.45) is 5.41 Å². The van der Waals surface area contributed by atoms with Crippen molar-refractivity contribution in [3.63, 3.8) is 0 Å². The summed E-state index contributed by atoms with van der Waals surface area (Å²) in [6.07, 6.45) is 4.49. The van der Waals surface area contributed by atoms with Crippen molar-refractivity contribution in [1.82, 2.24) is 10.6 Å². The van der Waals surface area contributed by atoms with E-state index in [2.05, 4.69) is 31.4 Å². The van der Waals surface area contributed by atoms with Crippen LogP contribution in [0.2, 0.25) is 0 Å². The van der Waals surface area contributed by atoms with Gasteiger partial charge in [0, 0.05) is 13.2 Å².